The summed E-state index contributed by atoms with van der Waals surface area (Å²) in [6.07, 6.45) is 7.41. The molecule has 4 heteroatoms. The molecule has 0 unspecified atom stereocenters. The average Bonchev–Trinajstić information content (AvgIpc) is 3.07. The molecule has 0 aliphatic rings. The lowest BCUT2D eigenvalue weighted by Crippen LogP contribution is -2.15. The minimum Gasteiger partial charge on any atom is -0.358 e. The maximum absolute atomic E-state index is 12.1. The molecule has 0 saturated heterocycles. The van der Waals surface area contributed by atoms with Crippen molar-refractivity contribution >= 4 is 11.6 Å². The SMILES string of the molecule is CCCc1c[nH]c(C(=O)C(=O)c2cc(CCC)c[nH]2)c1. The van der Waals surface area contributed by atoms with Gasteiger partial charge in [0.2, 0.25) is 0 Å². The molecule has 0 amide bonds. The molecular weight excluding hydrogens is 252 g/mol. The minimum absolute atomic E-state index is 0.366. The van der Waals surface area contributed by atoms with Gasteiger partial charge in [-0.25, -0.2) is 0 Å². The number of aromatic nitrogens is 2. The standard InChI is InChI=1S/C16H20N2O2/c1-3-5-11-7-13(17-9-11)15(19)16(20)14-8-12(6-4-2)10-18-14/h7-10,17-18H,3-6H2,1-2H3. The van der Waals surface area contributed by atoms with Gasteiger partial charge in [0.15, 0.2) is 0 Å². The number of carbonyl (C=O) groups is 2. The van der Waals surface area contributed by atoms with Crippen molar-refractivity contribution in [1.29, 1.82) is 0 Å². The number of ketones is 2. The number of nitrogens with one attached hydrogen (secondary N) is 2. The van der Waals surface area contributed by atoms with Crippen LogP contribution in [0.15, 0.2) is 24.5 Å². The van der Waals surface area contributed by atoms with Crippen molar-refractivity contribution in [2.75, 3.05) is 0 Å². The number of rotatable bonds is 7. The summed E-state index contributed by atoms with van der Waals surface area (Å²) in [5.74, 6) is -0.977. The van der Waals surface area contributed by atoms with Gasteiger partial charge in [-0.05, 0) is 36.1 Å². The number of H-pyrrole nitrogens is 2. The fourth-order valence-electron chi connectivity index (χ4n) is 2.25. The van der Waals surface area contributed by atoms with Gasteiger partial charge in [-0.1, -0.05) is 26.7 Å². The zero-order valence-corrected chi connectivity index (χ0v) is 12.0. The number of Topliss-reactive ketones (excluding diaryl/α,β-unsaturated/α-hetero) is 2. The Hall–Kier alpha value is -2.10. The van der Waals surface area contributed by atoms with Gasteiger partial charge in [0.1, 0.15) is 0 Å². The van der Waals surface area contributed by atoms with E-state index in [0.29, 0.717) is 11.4 Å². The van der Waals surface area contributed by atoms with E-state index in [0.717, 1.165) is 36.8 Å². The molecule has 0 spiro atoms. The fraction of sp³-hybridized carbons (Fsp3) is 0.375. The third-order valence-electron chi connectivity index (χ3n) is 3.26. The summed E-state index contributed by atoms with van der Waals surface area (Å²) in [6.45, 7) is 4.15. The maximum Gasteiger partial charge on any atom is 0.251 e. The van der Waals surface area contributed by atoms with Crippen molar-refractivity contribution in [1.82, 2.24) is 9.97 Å². The van der Waals surface area contributed by atoms with Crippen molar-refractivity contribution in [3.05, 3.63) is 47.0 Å². The van der Waals surface area contributed by atoms with E-state index in [1.54, 1.807) is 24.5 Å². The largest absolute Gasteiger partial charge is 0.358 e. The first-order valence-corrected chi connectivity index (χ1v) is 7.09. The van der Waals surface area contributed by atoms with Crippen molar-refractivity contribution in [2.45, 2.75) is 39.5 Å². The van der Waals surface area contributed by atoms with Crippen LogP contribution in [0.1, 0.15) is 58.8 Å². The van der Waals surface area contributed by atoms with Crippen LogP contribution in [-0.2, 0) is 12.8 Å². The second kappa shape index (κ2) is 6.37. The van der Waals surface area contributed by atoms with Crippen LogP contribution in [0.2, 0.25) is 0 Å². The lowest BCUT2D eigenvalue weighted by molar-refractivity contribution is 0.0812. The summed E-state index contributed by atoms with van der Waals surface area (Å²) in [4.78, 5) is 30.0. The first-order chi connectivity index (χ1) is 9.65. The smallest absolute Gasteiger partial charge is 0.251 e. The molecule has 0 aliphatic heterocycles. The van der Waals surface area contributed by atoms with E-state index in [4.69, 9.17) is 0 Å². The van der Waals surface area contributed by atoms with Crippen LogP contribution in [0, 0.1) is 0 Å². The number of hydrogen-bond acceptors (Lipinski definition) is 2. The summed E-state index contributed by atoms with van der Waals surface area (Å²) in [7, 11) is 0. The first-order valence-electron chi connectivity index (χ1n) is 7.09. The van der Waals surface area contributed by atoms with Gasteiger partial charge in [0.25, 0.3) is 11.6 Å². The number of aromatic amines is 2. The number of aryl methyl sites for hydroxylation is 2. The van der Waals surface area contributed by atoms with Crippen LogP contribution in [0.4, 0.5) is 0 Å². The van der Waals surface area contributed by atoms with Gasteiger partial charge in [0, 0.05) is 12.4 Å². The molecule has 0 bridgehead atoms. The lowest BCUT2D eigenvalue weighted by atomic mass is 10.1. The van der Waals surface area contributed by atoms with E-state index in [1.807, 2.05) is 0 Å². The van der Waals surface area contributed by atoms with Gasteiger partial charge < -0.3 is 9.97 Å². The van der Waals surface area contributed by atoms with Gasteiger partial charge in [-0.2, -0.15) is 0 Å². The van der Waals surface area contributed by atoms with E-state index in [9.17, 15) is 9.59 Å². The molecule has 2 aromatic rings. The predicted molar refractivity (Wildman–Crippen MR) is 78.2 cm³/mol. The molecule has 2 heterocycles. The zero-order valence-electron chi connectivity index (χ0n) is 12.0. The molecule has 20 heavy (non-hydrogen) atoms. The molecule has 4 nitrogen and oxygen atoms in total. The van der Waals surface area contributed by atoms with Crippen molar-refractivity contribution in [3.63, 3.8) is 0 Å². The summed E-state index contributed by atoms with van der Waals surface area (Å²) in [6, 6.07) is 3.53. The third-order valence-corrected chi connectivity index (χ3v) is 3.26. The number of hydrogen-bond donors (Lipinski definition) is 2. The van der Waals surface area contributed by atoms with E-state index < -0.39 is 11.6 Å². The Balaban J connectivity index is 2.12. The minimum atomic E-state index is -0.489. The topological polar surface area (TPSA) is 65.7 Å². The Bertz CT molecular complexity index is 553. The second-order valence-electron chi connectivity index (χ2n) is 5.00. The molecule has 0 atom stereocenters. The molecule has 0 aliphatic carbocycles. The van der Waals surface area contributed by atoms with Crippen molar-refractivity contribution < 1.29 is 9.59 Å². The molecule has 2 rings (SSSR count). The zero-order chi connectivity index (χ0) is 14.5. The Labute approximate surface area is 118 Å². The predicted octanol–water partition coefficient (Wildman–Crippen LogP) is 3.31. The molecular formula is C16H20N2O2. The Morgan fingerprint density at radius 3 is 1.60 bits per heavy atom. The van der Waals surface area contributed by atoms with Crippen molar-refractivity contribution in [3.8, 4) is 0 Å². The van der Waals surface area contributed by atoms with Gasteiger partial charge in [0.05, 0.1) is 11.4 Å². The van der Waals surface area contributed by atoms with E-state index >= 15 is 0 Å². The van der Waals surface area contributed by atoms with Gasteiger partial charge >= 0.3 is 0 Å². The molecule has 106 valence electrons. The Morgan fingerprint density at radius 1 is 0.850 bits per heavy atom. The van der Waals surface area contributed by atoms with Crippen LogP contribution in [0.5, 0.6) is 0 Å². The van der Waals surface area contributed by atoms with E-state index in [-0.39, 0.29) is 0 Å². The summed E-state index contributed by atoms with van der Waals surface area (Å²) in [5, 5.41) is 0. The average molecular weight is 272 g/mol. The van der Waals surface area contributed by atoms with Gasteiger partial charge in [-0.15, -0.1) is 0 Å². The normalized spacial score (nSPS) is 10.7. The van der Waals surface area contributed by atoms with Crippen LogP contribution in [0.3, 0.4) is 0 Å². The highest BCUT2D eigenvalue weighted by molar-refractivity contribution is 6.48. The molecule has 0 fully saturated rings. The monoisotopic (exact) mass is 272 g/mol. The van der Waals surface area contributed by atoms with Gasteiger partial charge in [-0.3, -0.25) is 9.59 Å². The summed E-state index contributed by atoms with van der Waals surface area (Å²) >= 11 is 0. The maximum atomic E-state index is 12.1. The highest BCUT2D eigenvalue weighted by Crippen LogP contribution is 2.12. The van der Waals surface area contributed by atoms with Crippen LogP contribution in [0.25, 0.3) is 0 Å². The summed E-state index contributed by atoms with van der Waals surface area (Å²) in [5.41, 5.74) is 2.85. The molecule has 0 saturated carbocycles. The molecule has 0 aromatic carbocycles. The molecule has 0 radical (unpaired) electrons. The molecule has 2 N–H and O–H groups in total. The Kier molecular flexibility index (Phi) is 4.56. The fourth-order valence-corrected chi connectivity index (χ4v) is 2.25. The first kappa shape index (κ1) is 14.3. The summed E-state index contributed by atoms with van der Waals surface area (Å²) < 4.78 is 0. The highest BCUT2D eigenvalue weighted by Gasteiger charge is 2.21. The second-order valence-corrected chi connectivity index (χ2v) is 5.00. The third kappa shape index (κ3) is 3.07. The van der Waals surface area contributed by atoms with E-state index in [1.165, 1.54) is 0 Å². The van der Waals surface area contributed by atoms with Crippen molar-refractivity contribution in [2.24, 2.45) is 0 Å². The highest BCUT2D eigenvalue weighted by atomic mass is 16.2. The Morgan fingerprint density at radius 2 is 1.25 bits per heavy atom. The van der Waals surface area contributed by atoms with Crippen LogP contribution < -0.4 is 0 Å². The quantitative estimate of drug-likeness (QED) is 0.600. The number of carbonyl (C=O) groups excluding carboxylic acids is 2. The van der Waals surface area contributed by atoms with Crippen LogP contribution in [-0.4, -0.2) is 21.5 Å². The molecule has 2 aromatic heterocycles. The lowest BCUT2D eigenvalue weighted by Gasteiger charge is -1.95. The van der Waals surface area contributed by atoms with E-state index in [2.05, 4.69) is 23.8 Å². The van der Waals surface area contributed by atoms with Crippen LogP contribution >= 0.6 is 0 Å².